The summed E-state index contributed by atoms with van der Waals surface area (Å²) in [6, 6.07) is 6.79. The molecule has 1 aromatic carbocycles. The second-order valence-corrected chi connectivity index (χ2v) is 18.0. The molecular formula is C39H55N3O4. The summed E-state index contributed by atoms with van der Waals surface area (Å²) in [5, 5.41) is 29.2. The molecule has 7 heteroatoms. The molecule has 5 aliphatic carbocycles. The molecule has 7 rings (SSSR count). The van der Waals surface area contributed by atoms with Gasteiger partial charge in [0.1, 0.15) is 18.1 Å². The van der Waals surface area contributed by atoms with Gasteiger partial charge in [-0.25, -0.2) is 4.68 Å². The van der Waals surface area contributed by atoms with Crippen LogP contribution in [0.4, 0.5) is 0 Å². The van der Waals surface area contributed by atoms with Crippen LogP contribution in [0.1, 0.15) is 118 Å². The lowest BCUT2D eigenvalue weighted by Gasteiger charge is -2.71. The Morgan fingerprint density at radius 1 is 0.935 bits per heavy atom. The van der Waals surface area contributed by atoms with E-state index < -0.39 is 5.41 Å². The third-order valence-corrected chi connectivity index (χ3v) is 15.0. The number of aliphatic hydroxyl groups excluding tert-OH is 1. The highest BCUT2D eigenvalue weighted by atomic mass is 16.5. The molecule has 0 bridgehead atoms. The molecule has 4 saturated carbocycles. The highest BCUT2D eigenvalue weighted by molar-refractivity contribution is 5.78. The molecule has 2 N–H and O–H groups in total. The van der Waals surface area contributed by atoms with Gasteiger partial charge in [0.25, 0.3) is 0 Å². The minimum atomic E-state index is -0.505. The van der Waals surface area contributed by atoms with Crippen LogP contribution in [0.25, 0.3) is 5.69 Å². The van der Waals surface area contributed by atoms with Gasteiger partial charge in [-0.05, 0) is 133 Å². The van der Waals surface area contributed by atoms with Gasteiger partial charge < -0.3 is 14.9 Å². The van der Waals surface area contributed by atoms with Crippen molar-refractivity contribution in [2.45, 2.75) is 125 Å². The van der Waals surface area contributed by atoms with Crippen molar-refractivity contribution in [1.82, 2.24) is 15.0 Å². The Hall–Kier alpha value is -2.67. The van der Waals surface area contributed by atoms with E-state index in [0.717, 1.165) is 57.1 Å². The van der Waals surface area contributed by atoms with Crippen LogP contribution >= 0.6 is 0 Å². The highest BCUT2D eigenvalue weighted by Crippen LogP contribution is 2.75. The summed E-state index contributed by atoms with van der Waals surface area (Å²) in [6.07, 6.45) is 14.4. The average molecular weight is 630 g/mol. The molecule has 0 spiro atoms. The first kappa shape index (κ1) is 31.9. The van der Waals surface area contributed by atoms with E-state index in [1.54, 1.807) is 35.1 Å². The van der Waals surface area contributed by atoms with Crippen molar-refractivity contribution >= 4 is 5.97 Å². The number of allylic oxidation sites excluding steroid dienone is 2. The van der Waals surface area contributed by atoms with Gasteiger partial charge in [-0.15, -0.1) is 5.10 Å². The lowest BCUT2D eigenvalue weighted by atomic mass is 9.33. The standard InChI is InChI=1S/C39H55N3O4/c1-34(2)18-20-39(33(45)46-24-25-23-42(41-40-25)26-8-10-27(43)11-9-26)21-19-37(6)28(29(39)22-34)12-13-31-36(5)16-15-32(44)35(3,4)30(36)14-17-38(31,37)7/h8-12,23,29-32,43-44H,13-22,24H2,1-7H3/t29-,30-,31+,32-,36-,37+,38+,39-/m0/s1. The maximum atomic E-state index is 14.4. The van der Waals surface area contributed by atoms with Gasteiger partial charge in [-0.3, -0.25) is 4.79 Å². The lowest BCUT2D eigenvalue weighted by molar-refractivity contribution is -0.206. The largest absolute Gasteiger partial charge is 0.508 e. The van der Waals surface area contributed by atoms with E-state index in [4.69, 9.17) is 4.74 Å². The smallest absolute Gasteiger partial charge is 0.313 e. The Morgan fingerprint density at radius 2 is 1.65 bits per heavy atom. The quantitative estimate of drug-likeness (QED) is 0.262. The lowest BCUT2D eigenvalue weighted by Crippen LogP contribution is -2.65. The average Bonchev–Trinajstić information content (AvgIpc) is 3.47. The predicted molar refractivity (Wildman–Crippen MR) is 178 cm³/mol. The number of fused-ring (bicyclic) bond motifs is 7. The minimum Gasteiger partial charge on any atom is -0.508 e. The van der Waals surface area contributed by atoms with E-state index in [2.05, 4.69) is 64.9 Å². The van der Waals surface area contributed by atoms with Crippen molar-refractivity contribution in [2.75, 3.05) is 0 Å². The van der Waals surface area contributed by atoms with Crippen LogP contribution in [0.5, 0.6) is 5.75 Å². The fraction of sp³-hybridized carbons (Fsp3) is 0.718. The molecule has 0 radical (unpaired) electrons. The molecule has 46 heavy (non-hydrogen) atoms. The Bertz CT molecular complexity index is 1540. The molecule has 7 nitrogen and oxygen atoms in total. The summed E-state index contributed by atoms with van der Waals surface area (Å²) >= 11 is 0. The molecule has 4 fully saturated rings. The number of hydrogen-bond acceptors (Lipinski definition) is 6. The van der Waals surface area contributed by atoms with Crippen LogP contribution in [-0.4, -0.2) is 37.3 Å². The first-order chi connectivity index (χ1) is 21.6. The van der Waals surface area contributed by atoms with Crippen LogP contribution in [0.3, 0.4) is 0 Å². The van der Waals surface area contributed by atoms with Crippen molar-refractivity contribution < 1.29 is 19.7 Å². The van der Waals surface area contributed by atoms with Crippen molar-refractivity contribution in [3.8, 4) is 11.4 Å². The topological polar surface area (TPSA) is 97.5 Å². The maximum Gasteiger partial charge on any atom is 0.313 e. The molecule has 2 aromatic rings. The van der Waals surface area contributed by atoms with Crippen LogP contribution in [0, 0.1) is 50.2 Å². The number of carbonyl (C=O) groups is 1. The van der Waals surface area contributed by atoms with E-state index in [1.807, 2.05) is 0 Å². The molecule has 0 amide bonds. The summed E-state index contributed by atoms with van der Waals surface area (Å²) in [7, 11) is 0. The zero-order valence-electron chi connectivity index (χ0n) is 29.1. The van der Waals surface area contributed by atoms with Gasteiger partial charge in [-0.1, -0.05) is 65.3 Å². The molecule has 1 heterocycles. The Morgan fingerprint density at radius 3 is 2.39 bits per heavy atom. The monoisotopic (exact) mass is 629 g/mol. The summed E-state index contributed by atoms with van der Waals surface area (Å²) in [5.74, 6) is 1.41. The summed E-state index contributed by atoms with van der Waals surface area (Å²) < 4.78 is 7.83. The van der Waals surface area contributed by atoms with Crippen molar-refractivity contribution in [2.24, 2.45) is 50.2 Å². The number of hydrogen-bond donors (Lipinski definition) is 2. The van der Waals surface area contributed by atoms with E-state index in [0.29, 0.717) is 17.5 Å². The highest BCUT2D eigenvalue weighted by Gasteiger charge is 2.69. The van der Waals surface area contributed by atoms with Crippen LogP contribution in [0.2, 0.25) is 0 Å². The third-order valence-electron chi connectivity index (χ3n) is 15.0. The van der Waals surface area contributed by atoms with Crippen LogP contribution < -0.4 is 0 Å². The number of esters is 1. The SMILES string of the molecule is CC1(C)CC[C@]2(C(=O)OCc3cn(-c4ccc(O)cc4)nn3)CC[C@]3(C)C(=CC[C@@H]4[C@@]5(C)CC[C@H](O)C(C)(C)[C@@H]5CC[C@]43C)[C@@H]2C1. The van der Waals surface area contributed by atoms with E-state index in [-0.39, 0.29) is 57.4 Å². The summed E-state index contributed by atoms with van der Waals surface area (Å²) in [5.41, 5.74) is 2.95. The van der Waals surface area contributed by atoms with Crippen molar-refractivity contribution in [3.63, 3.8) is 0 Å². The van der Waals surface area contributed by atoms with E-state index in [9.17, 15) is 15.0 Å². The number of aliphatic hydroxyl groups is 1. The van der Waals surface area contributed by atoms with Gasteiger partial charge in [0.15, 0.2) is 0 Å². The molecule has 0 unspecified atom stereocenters. The molecule has 0 aliphatic heterocycles. The molecule has 1 aromatic heterocycles. The number of ether oxygens (including phenoxy) is 1. The van der Waals surface area contributed by atoms with Gasteiger partial charge in [0.05, 0.1) is 23.4 Å². The predicted octanol–water partition coefficient (Wildman–Crippen LogP) is 8.18. The second-order valence-electron chi connectivity index (χ2n) is 18.0. The number of carbonyl (C=O) groups excluding carboxylic acids is 1. The third kappa shape index (κ3) is 4.49. The zero-order valence-corrected chi connectivity index (χ0v) is 29.1. The number of phenols is 1. The normalized spacial score (nSPS) is 40.8. The van der Waals surface area contributed by atoms with E-state index in [1.165, 1.54) is 18.4 Å². The Balaban J connectivity index is 1.18. The van der Waals surface area contributed by atoms with Crippen molar-refractivity contribution in [1.29, 1.82) is 0 Å². The summed E-state index contributed by atoms with van der Waals surface area (Å²) in [6.45, 7) is 17.2. The first-order valence-electron chi connectivity index (χ1n) is 17.8. The molecule has 8 atom stereocenters. The summed E-state index contributed by atoms with van der Waals surface area (Å²) in [4.78, 5) is 14.4. The number of aromatic nitrogens is 3. The minimum absolute atomic E-state index is 0.0405. The molecule has 0 saturated heterocycles. The Kier molecular flexibility index (Phi) is 7.22. The van der Waals surface area contributed by atoms with Gasteiger partial charge in [-0.2, -0.15) is 0 Å². The van der Waals surface area contributed by atoms with E-state index >= 15 is 0 Å². The number of aromatic hydroxyl groups is 1. The fourth-order valence-electron chi connectivity index (χ4n) is 12.0. The second kappa shape index (κ2) is 10.4. The van der Waals surface area contributed by atoms with Crippen molar-refractivity contribution in [3.05, 3.63) is 47.8 Å². The molecule has 250 valence electrons. The molecular weight excluding hydrogens is 574 g/mol. The van der Waals surface area contributed by atoms with Gasteiger partial charge >= 0.3 is 5.97 Å². The zero-order chi connectivity index (χ0) is 32.9. The fourth-order valence-corrected chi connectivity index (χ4v) is 12.0. The van der Waals surface area contributed by atoms with Gasteiger partial charge in [0.2, 0.25) is 0 Å². The number of benzene rings is 1. The van der Waals surface area contributed by atoms with Crippen LogP contribution in [-0.2, 0) is 16.1 Å². The maximum absolute atomic E-state index is 14.4. The first-order valence-corrected chi connectivity index (χ1v) is 17.8. The number of nitrogens with zero attached hydrogens (tertiary/aromatic N) is 3. The van der Waals surface area contributed by atoms with Crippen LogP contribution in [0.15, 0.2) is 42.1 Å². The number of rotatable bonds is 4. The molecule has 5 aliphatic rings. The number of phenolic OH excluding ortho intramolecular Hbond substituents is 1. The Labute approximate surface area is 275 Å². The van der Waals surface area contributed by atoms with Gasteiger partial charge in [0, 0.05) is 0 Å².